The molecule has 0 fully saturated rings. The fourth-order valence-electron chi connectivity index (χ4n) is 2.34. The molecule has 0 aromatic heterocycles. The molecule has 118 valence electrons. The van der Waals surface area contributed by atoms with Crippen LogP contribution in [-0.4, -0.2) is 27.7 Å². The van der Waals surface area contributed by atoms with Crippen LogP contribution in [0.4, 0.5) is 5.69 Å². The summed E-state index contributed by atoms with van der Waals surface area (Å²) >= 11 is 0. The second-order valence-corrected chi connectivity index (χ2v) is 7.01. The van der Waals surface area contributed by atoms with Crippen molar-refractivity contribution in [2.75, 3.05) is 18.5 Å². The number of phenolic OH excluding ortho intramolecular Hbond substituents is 1. The van der Waals surface area contributed by atoms with Crippen molar-refractivity contribution in [3.05, 3.63) is 47.5 Å². The van der Waals surface area contributed by atoms with Crippen LogP contribution in [-0.2, 0) is 10.0 Å². The molecule has 0 spiro atoms. The minimum absolute atomic E-state index is 0.0821. The van der Waals surface area contributed by atoms with Gasteiger partial charge >= 0.3 is 0 Å². The van der Waals surface area contributed by atoms with Crippen molar-refractivity contribution >= 4 is 15.7 Å². The largest absolute Gasteiger partial charge is 0.508 e. The number of anilines is 1. The van der Waals surface area contributed by atoms with Crippen LogP contribution in [0.15, 0.2) is 41.3 Å². The zero-order chi connectivity index (χ0) is 16.5. The minimum Gasteiger partial charge on any atom is -0.508 e. The van der Waals surface area contributed by atoms with Gasteiger partial charge in [-0.05, 0) is 55.3 Å². The van der Waals surface area contributed by atoms with Crippen LogP contribution in [0.25, 0.3) is 0 Å². The van der Waals surface area contributed by atoms with Gasteiger partial charge in [0.15, 0.2) is 0 Å². The Morgan fingerprint density at radius 2 is 1.68 bits per heavy atom. The summed E-state index contributed by atoms with van der Waals surface area (Å²) in [6.45, 7) is 3.63. The van der Waals surface area contributed by atoms with E-state index in [-0.39, 0.29) is 10.6 Å². The first kappa shape index (κ1) is 16.2. The SMILES string of the molecule is COc1cc(C)cc(C)c1S(=O)(=O)N(C)c1ccc(O)cc1. The summed E-state index contributed by atoms with van der Waals surface area (Å²) in [6, 6.07) is 9.48. The van der Waals surface area contributed by atoms with Gasteiger partial charge in [-0.2, -0.15) is 0 Å². The highest BCUT2D eigenvalue weighted by molar-refractivity contribution is 7.93. The lowest BCUT2D eigenvalue weighted by molar-refractivity contribution is 0.401. The molecule has 6 heteroatoms. The maximum Gasteiger partial charge on any atom is 0.268 e. The van der Waals surface area contributed by atoms with Crippen molar-refractivity contribution in [3.63, 3.8) is 0 Å². The molecule has 0 saturated carbocycles. The summed E-state index contributed by atoms with van der Waals surface area (Å²) in [6.07, 6.45) is 0. The van der Waals surface area contributed by atoms with E-state index in [1.165, 1.54) is 30.6 Å². The number of phenols is 1. The second kappa shape index (κ2) is 5.88. The van der Waals surface area contributed by atoms with Crippen molar-refractivity contribution in [1.82, 2.24) is 0 Å². The van der Waals surface area contributed by atoms with E-state index in [4.69, 9.17) is 4.74 Å². The van der Waals surface area contributed by atoms with Gasteiger partial charge in [-0.1, -0.05) is 6.07 Å². The lowest BCUT2D eigenvalue weighted by Gasteiger charge is -2.22. The van der Waals surface area contributed by atoms with Crippen LogP contribution in [0.3, 0.4) is 0 Å². The highest BCUT2D eigenvalue weighted by Crippen LogP contribution is 2.33. The van der Waals surface area contributed by atoms with E-state index in [9.17, 15) is 13.5 Å². The third-order valence-corrected chi connectivity index (χ3v) is 5.41. The summed E-state index contributed by atoms with van der Waals surface area (Å²) < 4.78 is 32.3. The fourth-order valence-corrected chi connectivity index (χ4v) is 3.87. The quantitative estimate of drug-likeness (QED) is 0.940. The standard InChI is InChI=1S/C16H19NO4S/c1-11-9-12(2)16(15(10-11)21-4)22(19,20)17(3)13-5-7-14(18)8-6-13/h5-10,18H,1-4H3. The Balaban J connectivity index is 2.57. The van der Waals surface area contributed by atoms with Crippen molar-refractivity contribution in [3.8, 4) is 11.5 Å². The lowest BCUT2D eigenvalue weighted by atomic mass is 10.1. The van der Waals surface area contributed by atoms with Gasteiger partial charge in [0.2, 0.25) is 0 Å². The summed E-state index contributed by atoms with van der Waals surface area (Å²) in [4.78, 5) is 0.149. The lowest BCUT2D eigenvalue weighted by Crippen LogP contribution is -2.27. The summed E-state index contributed by atoms with van der Waals surface area (Å²) in [5.41, 5.74) is 2.02. The molecule has 2 rings (SSSR count). The van der Waals surface area contributed by atoms with Gasteiger partial charge in [0.1, 0.15) is 16.4 Å². The molecule has 1 N–H and O–H groups in total. The van der Waals surface area contributed by atoms with Gasteiger partial charge in [0, 0.05) is 7.05 Å². The number of hydrogen-bond donors (Lipinski definition) is 1. The van der Waals surface area contributed by atoms with Crippen LogP contribution in [0, 0.1) is 13.8 Å². The molecule has 0 unspecified atom stereocenters. The van der Waals surface area contributed by atoms with Crippen molar-refractivity contribution in [2.45, 2.75) is 18.7 Å². The maximum atomic E-state index is 12.9. The molecule has 2 aromatic carbocycles. The van der Waals surface area contributed by atoms with Crippen LogP contribution < -0.4 is 9.04 Å². The zero-order valence-electron chi connectivity index (χ0n) is 13.0. The van der Waals surface area contributed by atoms with E-state index < -0.39 is 10.0 Å². The van der Waals surface area contributed by atoms with Crippen molar-refractivity contribution in [2.24, 2.45) is 0 Å². The van der Waals surface area contributed by atoms with Gasteiger partial charge < -0.3 is 9.84 Å². The van der Waals surface area contributed by atoms with Crippen LogP contribution in [0.5, 0.6) is 11.5 Å². The smallest absolute Gasteiger partial charge is 0.268 e. The minimum atomic E-state index is -3.77. The van der Waals surface area contributed by atoms with Crippen LogP contribution >= 0.6 is 0 Å². The number of methoxy groups -OCH3 is 1. The van der Waals surface area contributed by atoms with Crippen LogP contribution in [0.1, 0.15) is 11.1 Å². The van der Waals surface area contributed by atoms with E-state index in [0.717, 1.165) is 5.56 Å². The molecule has 2 aromatic rings. The molecule has 0 atom stereocenters. The van der Waals surface area contributed by atoms with E-state index in [0.29, 0.717) is 17.0 Å². The molecule has 0 heterocycles. The number of sulfonamides is 1. The van der Waals surface area contributed by atoms with Gasteiger partial charge in [0.25, 0.3) is 10.0 Å². The molecular formula is C16H19NO4S. The maximum absolute atomic E-state index is 12.9. The van der Waals surface area contributed by atoms with Gasteiger partial charge in [0.05, 0.1) is 12.8 Å². The highest BCUT2D eigenvalue weighted by atomic mass is 32.2. The first-order chi connectivity index (χ1) is 10.3. The molecule has 0 saturated heterocycles. The van der Waals surface area contributed by atoms with Gasteiger partial charge in [-0.3, -0.25) is 4.31 Å². The van der Waals surface area contributed by atoms with Gasteiger partial charge in [-0.15, -0.1) is 0 Å². The molecule has 0 amide bonds. The fraction of sp³-hybridized carbons (Fsp3) is 0.250. The zero-order valence-corrected chi connectivity index (χ0v) is 13.8. The van der Waals surface area contributed by atoms with E-state index in [1.54, 1.807) is 31.2 Å². The molecule has 0 bridgehead atoms. The molecule has 0 aliphatic rings. The normalized spacial score (nSPS) is 11.3. The van der Waals surface area contributed by atoms with Crippen molar-refractivity contribution < 1.29 is 18.3 Å². The van der Waals surface area contributed by atoms with Crippen LogP contribution in [0.2, 0.25) is 0 Å². The van der Waals surface area contributed by atoms with E-state index in [2.05, 4.69) is 0 Å². The third kappa shape index (κ3) is 2.87. The molecule has 5 nitrogen and oxygen atoms in total. The van der Waals surface area contributed by atoms with Gasteiger partial charge in [-0.25, -0.2) is 8.42 Å². The Morgan fingerprint density at radius 1 is 1.09 bits per heavy atom. The number of hydrogen-bond acceptors (Lipinski definition) is 4. The average molecular weight is 321 g/mol. The Hall–Kier alpha value is -2.21. The Bertz CT molecular complexity index is 783. The van der Waals surface area contributed by atoms with E-state index in [1.807, 2.05) is 6.92 Å². The Kier molecular flexibility index (Phi) is 4.32. The number of ether oxygens (including phenoxy) is 1. The Morgan fingerprint density at radius 3 is 2.23 bits per heavy atom. The molecule has 22 heavy (non-hydrogen) atoms. The average Bonchev–Trinajstić information content (AvgIpc) is 2.45. The van der Waals surface area contributed by atoms with E-state index >= 15 is 0 Å². The number of benzene rings is 2. The predicted molar refractivity (Wildman–Crippen MR) is 86.2 cm³/mol. The second-order valence-electron chi connectivity index (χ2n) is 5.10. The summed E-state index contributed by atoms with van der Waals surface area (Å²) in [5, 5.41) is 9.33. The summed E-state index contributed by atoms with van der Waals surface area (Å²) in [5.74, 6) is 0.404. The topological polar surface area (TPSA) is 66.8 Å². The first-order valence-corrected chi connectivity index (χ1v) is 8.14. The predicted octanol–water partition coefficient (Wildman–Crippen LogP) is 2.84. The van der Waals surface area contributed by atoms with Crippen molar-refractivity contribution in [1.29, 1.82) is 0 Å². The number of rotatable bonds is 4. The molecular weight excluding hydrogens is 302 g/mol. The molecule has 0 radical (unpaired) electrons. The number of nitrogens with zero attached hydrogens (tertiary/aromatic N) is 1. The monoisotopic (exact) mass is 321 g/mol. The molecule has 0 aliphatic heterocycles. The Labute approximate surface area is 130 Å². The highest BCUT2D eigenvalue weighted by Gasteiger charge is 2.27. The number of aromatic hydroxyl groups is 1. The summed E-state index contributed by atoms with van der Waals surface area (Å²) in [7, 11) is -0.844. The molecule has 0 aliphatic carbocycles. The third-order valence-electron chi connectivity index (χ3n) is 3.44. The first-order valence-electron chi connectivity index (χ1n) is 6.70. The number of aryl methyl sites for hydroxylation is 2.